The number of halogens is 1. The summed E-state index contributed by atoms with van der Waals surface area (Å²) in [6.07, 6.45) is 1.39. The molecule has 0 aliphatic rings. The molecule has 0 aliphatic heterocycles. The summed E-state index contributed by atoms with van der Waals surface area (Å²) >= 11 is 0. The van der Waals surface area contributed by atoms with E-state index < -0.39 is 11.8 Å². The van der Waals surface area contributed by atoms with Crippen LogP contribution in [0.3, 0.4) is 0 Å². The second kappa shape index (κ2) is 11.4. The summed E-state index contributed by atoms with van der Waals surface area (Å²) in [5, 5.41) is 6.36. The maximum absolute atomic E-state index is 13.0. The monoisotopic (exact) mass is 449 g/mol. The molecule has 0 saturated carbocycles. The van der Waals surface area contributed by atoms with Crippen LogP contribution in [0.15, 0.2) is 71.8 Å². The highest BCUT2D eigenvalue weighted by molar-refractivity contribution is 6.35. The number of aryl methyl sites for hydroxylation is 1. The Kier molecular flexibility index (Phi) is 8.13. The SMILES string of the molecule is COc1cc(/C=N\NC(=O)C(=O)NCc2ccc(C)cc2)ccc1OCc1ccc(F)cc1. The third-order valence-corrected chi connectivity index (χ3v) is 4.65. The third kappa shape index (κ3) is 7.17. The van der Waals surface area contributed by atoms with E-state index >= 15 is 0 Å². The van der Waals surface area contributed by atoms with Crippen molar-refractivity contribution in [2.75, 3.05) is 7.11 Å². The van der Waals surface area contributed by atoms with Crippen LogP contribution < -0.4 is 20.2 Å². The molecule has 8 heteroatoms. The summed E-state index contributed by atoms with van der Waals surface area (Å²) in [5.41, 5.74) is 5.63. The molecule has 0 spiro atoms. The smallest absolute Gasteiger partial charge is 0.329 e. The largest absolute Gasteiger partial charge is 0.493 e. The second-order valence-corrected chi connectivity index (χ2v) is 7.19. The highest BCUT2D eigenvalue weighted by Gasteiger charge is 2.12. The van der Waals surface area contributed by atoms with Crippen molar-refractivity contribution in [2.45, 2.75) is 20.1 Å². The Morgan fingerprint density at radius 2 is 1.64 bits per heavy atom. The fourth-order valence-corrected chi connectivity index (χ4v) is 2.81. The van der Waals surface area contributed by atoms with E-state index in [2.05, 4.69) is 15.8 Å². The highest BCUT2D eigenvalue weighted by Crippen LogP contribution is 2.28. The summed E-state index contributed by atoms with van der Waals surface area (Å²) in [5.74, 6) is -1.00. The molecule has 0 unspecified atom stereocenters. The number of benzene rings is 3. The van der Waals surface area contributed by atoms with Crippen molar-refractivity contribution in [3.8, 4) is 11.5 Å². The fourth-order valence-electron chi connectivity index (χ4n) is 2.81. The summed E-state index contributed by atoms with van der Waals surface area (Å²) < 4.78 is 24.1. The minimum atomic E-state index is -0.871. The second-order valence-electron chi connectivity index (χ2n) is 7.19. The van der Waals surface area contributed by atoms with Crippen molar-refractivity contribution in [1.29, 1.82) is 0 Å². The normalized spacial score (nSPS) is 10.6. The Hall–Kier alpha value is -4.20. The number of carbonyl (C=O) groups is 2. The van der Waals surface area contributed by atoms with Crippen LogP contribution in [-0.4, -0.2) is 25.1 Å². The quantitative estimate of drug-likeness (QED) is 0.313. The van der Waals surface area contributed by atoms with Gasteiger partial charge in [-0.05, 0) is 53.9 Å². The fraction of sp³-hybridized carbons (Fsp3) is 0.160. The van der Waals surface area contributed by atoms with E-state index in [-0.39, 0.29) is 19.0 Å². The molecule has 2 N–H and O–H groups in total. The van der Waals surface area contributed by atoms with Gasteiger partial charge in [0, 0.05) is 6.54 Å². The number of hydrogen-bond donors (Lipinski definition) is 2. The van der Waals surface area contributed by atoms with E-state index in [9.17, 15) is 14.0 Å². The van der Waals surface area contributed by atoms with Gasteiger partial charge >= 0.3 is 11.8 Å². The van der Waals surface area contributed by atoms with Gasteiger partial charge in [0.1, 0.15) is 12.4 Å². The molecule has 3 aromatic rings. The predicted octanol–water partition coefficient (Wildman–Crippen LogP) is 3.49. The zero-order chi connectivity index (χ0) is 23.6. The van der Waals surface area contributed by atoms with Crippen molar-refractivity contribution < 1.29 is 23.5 Å². The zero-order valence-corrected chi connectivity index (χ0v) is 18.3. The first-order valence-electron chi connectivity index (χ1n) is 10.2. The van der Waals surface area contributed by atoms with Gasteiger partial charge in [-0.3, -0.25) is 9.59 Å². The minimum Gasteiger partial charge on any atom is -0.493 e. The predicted molar refractivity (Wildman–Crippen MR) is 122 cm³/mol. The summed E-state index contributed by atoms with van der Waals surface area (Å²) in [6, 6.07) is 18.7. The summed E-state index contributed by atoms with van der Waals surface area (Å²) in [4.78, 5) is 23.8. The van der Waals surface area contributed by atoms with Gasteiger partial charge in [0.25, 0.3) is 0 Å². The topological polar surface area (TPSA) is 89.0 Å². The van der Waals surface area contributed by atoms with Gasteiger partial charge in [0.05, 0.1) is 13.3 Å². The molecular weight excluding hydrogens is 425 g/mol. The van der Waals surface area contributed by atoms with Gasteiger partial charge < -0.3 is 14.8 Å². The average Bonchev–Trinajstić information content (AvgIpc) is 2.83. The number of methoxy groups -OCH3 is 1. The Morgan fingerprint density at radius 3 is 2.33 bits per heavy atom. The first-order chi connectivity index (χ1) is 15.9. The van der Waals surface area contributed by atoms with E-state index in [1.807, 2.05) is 31.2 Å². The van der Waals surface area contributed by atoms with E-state index in [1.54, 1.807) is 30.3 Å². The Balaban J connectivity index is 1.51. The van der Waals surface area contributed by atoms with Gasteiger partial charge in [0.2, 0.25) is 0 Å². The number of nitrogens with one attached hydrogen (secondary N) is 2. The Labute approximate surface area is 191 Å². The van der Waals surface area contributed by atoms with Crippen LogP contribution >= 0.6 is 0 Å². The van der Waals surface area contributed by atoms with Crippen molar-refractivity contribution >= 4 is 18.0 Å². The zero-order valence-electron chi connectivity index (χ0n) is 18.3. The molecule has 0 aliphatic carbocycles. The van der Waals surface area contributed by atoms with Gasteiger partial charge in [-0.2, -0.15) is 5.10 Å². The van der Waals surface area contributed by atoms with E-state index in [4.69, 9.17) is 9.47 Å². The summed E-state index contributed by atoms with van der Waals surface area (Å²) in [7, 11) is 1.50. The number of hydrogen-bond acceptors (Lipinski definition) is 5. The molecule has 0 fully saturated rings. The van der Waals surface area contributed by atoms with E-state index in [0.717, 1.165) is 16.7 Å². The van der Waals surface area contributed by atoms with E-state index in [0.29, 0.717) is 17.1 Å². The molecule has 3 rings (SSSR count). The molecule has 0 saturated heterocycles. The molecule has 0 aromatic heterocycles. The number of amides is 2. The Morgan fingerprint density at radius 1 is 0.939 bits per heavy atom. The molecule has 0 bridgehead atoms. The molecule has 2 amide bonds. The highest BCUT2D eigenvalue weighted by atomic mass is 19.1. The lowest BCUT2D eigenvalue weighted by atomic mass is 10.1. The molecule has 33 heavy (non-hydrogen) atoms. The maximum atomic E-state index is 13.0. The molecular formula is C25H24FN3O4. The van der Waals surface area contributed by atoms with Crippen LogP contribution in [-0.2, 0) is 22.7 Å². The van der Waals surface area contributed by atoms with Crippen molar-refractivity contribution in [1.82, 2.24) is 10.7 Å². The van der Waals surface area contributed by atoms with Crippen LogP contribution in [0.5, 0.6) is 11.5 Å². The molecule has 170 valence electrons. The lowest BCUT2D eigenvalue weighted by Crippen LogP contribution is -2.37. The standard InChI is InChI=1S/C25H24FN3O4/c1-17-3-5-18(6-4-17)14-27-24(30)25(31)29-28-15-20-9-12-22(23(13-20)32-2)33-16-19-7-10-21(26)11-8-19/h3-13,15H,14,16H2,1-2H3,(H,27,30)(H,29,31)/b28-15-. The van der Waals surface area contributed by atoms with Crippen LogP contribution in [0.25, 0.3) is 0 Å². The molecule has 7 nitrogen and oxygen atoms in total. The van der Waals surface area contributed by atoms with Crippen LogP contribution in [0, 0.1) is 12.7 Å². The van der Waals surface area contributed by atoms with Crippen LogP contribution in [0.4, 0.5) is 4.39 Å². The average molecular weight is 449 g/mol. The molecule has 3 aromatic carbocycles. The molecule has 0 radical (unpaired) electrons. The number of hydrazone groups is 1. The van der Waals surface area contributed by atoms with Crippen molar-refractivity contribution in [3.63, 3.8) is 0 Å². The van der Waals surface area contributed by atoms with Crippen molar-refractivity contribution in [2.24, 2.45) is 5.10 Å². The van der Waals surface area contributed by atoms with Crippen LogP contribution in [0.2, 0.25) is 0 Å². The number of ether oxygens (including phenoxy) is 2. The van der Waals surface area contributed by atoms with Gasteiger partial charge in [-0.1, -0.05) is 42.0 Å². The first kappa shape index (κ1) is 23.5. The minimum absolute atomic E-state index is 0.243. The van der Waals surface area contributed by atoms with Gasteiger partial charge in [-0.15, -0.1) is 0 Å². The number of rotatable bonds is 8. The summed E-state index contributed by atoms with van der Waals surface area (Å²) in [6.45, 7) is 2.46. The number of nitrogens with zero attached hydrogens (tertiary/aromatic N) is 1. The van der Waals surface area contributed by atoms with Crippen LogP contribution in [0.1, 0.15) is 22.3 Å². The van der Waals surface area contributed by atoms with Gasteiger partial charge in [-0.25, -0.2) is 9.82 Å². The molecule has 0 heterocycles. The van der Waals surface area contributed by atoms with E-state index in [1.165, 1.54) is 25.5 Å². The molecule has 0 atom stereocenters. The van der Waals surface area contributed by atoms with Crippen molar-refractivity contribution in [3.05, 3.63) is 94.8 Å². The number of carbonyl (C=O) groups excluding carboxylic acids is 2. The first-order valence-corrected chi connectivity index (χ1v) is 10.2. The lowest BCUT2D eigenvalue weighted by Gasteiger charge is -2.11. The Bertz CT molecular complexity index is 1130. The maximum Gasteiger partial charge on any atom is 0.329 e. The lowest BCUT2D eigenvalue weighted by molar-refractivity contribution is -0.139. The third-order valence-electron chi connectivity index (χ3n) is 4.65. The van der Waals surface area contributed by atoms with Gasteiger partial charge in [0.15, 0.2) is 11.5 Å².